The fraction of sp³-hybridized carbons (Fsp3) is 1.00. The Labute approximate surface area is 122 Å². The first-order valence-electron chi connectivity index (χ1n) is 6.42. The predicted octanol–water partition coefficient (Wildman–Crippen LogP) is 0.621. The van der Waals surface area contributed by atoms with Crippen molar-refractivity contribution >= 4 is 0 Å². The summed E-state index contributed by atoms with van der Waals surface area (Å²) in [6.07, 6.45) is -8.86. The van der Waals surface area contributed by atoms with Gasteiger partial charge in [0.25, 0.3) is 0 Å². The molecule has 0 bridgehead atoms. The Hall–Kier alpha value is -0.450. The lowest BCUT2D eigenvalue weighted by atomic mass is 10.2. The molecule has 0 aromatic heterocycles. The Bertz CT molecular complexity index is 240. The second kappa shape index (κ2) is 12.1. The van der Waals surface area contributed by atoms with E-state index in [-0.39, 0.29) is 13.2 Å². The summed E-state index contributed by atoms with van der Waals surface area (Å²) in [7, 11) is 2.62. The van der Waals surface area contributed by atoms with Crippen LogP contribution in [0.1, 0.15) is 0 Å². The quantitative estimate of drug-likeness (QED) is 0.473. The van der Waals surface area contributed by atoms with Crippen LogP contribution in [-0.2, 0) is 23.7 Å². The van der Waals surface area contributed by atoms with Crippen molar-refractivity contribution < 1.29 is 42.0 Å². The van der Waals surface area contributed by atoms with Gasteiger partial charge in [-0.25, -0.2) is 4.39 Å². The van der Waals surface area contributed by atoms with Gasteiger partial charge in [0.05, 0.1) is 46.2 Å². The number of methoxy groups -OCH3 is 2. The zero-order chi connectivity index (χ0) is 16.1. The molecule has 0 saturated heterocycles. The highest BCUT2D eigenvalue weighted by Crippen LogP contribution is 2.22. The van der Waals surface area contributed by atoms with Crippen LogP contribution in [0.3, 0.4) is 0 Å². The van der Waals surface area contributed by atoms with Crippen molar-refractivity contribution in [2.75, 3.05) is 60.5 Å². The summed E-state index contributed by atoms with van der Waals surface area (Å²) >= 11 is 0. The molecule has 2 unspecified atom stereocenters. The smallest absolute Gasteiger partial charge is 0.382 e. The van der Waals surface area contributed by atoms with Gasteiger partial charge >= 0.3 is 6.11 Å². The summed E-state index contributed by atoms with van der Waals surface area (Å²) in [6.45, 7) is 1.59. The van der Waals surface area contributed by atoms with Crippen LogP contribution in [0.5, 0.6) is 0 Å². The Morgan fingerprint density at radius 3 is 1.81 bits per heavy atom. The highest BCUT2D eigenvalue weighted by Gasteiger charge is 2.43. The molecule has 0 aliphatic heterocycles. The fourth-order valence-corrected chi connectivity index (χ4v) is 1.28. The van der Waals surface area contributed by atoms with Crippen molar-refractivity contribution in [1.82, 2.24) is 0 Å². The molecule has 6 nitrogen and oxygen atoms in total. The van der Waals surface area contributed by atoms with Crippen LogP contribution < -0.4 is 0 Å². The van der Waals surface area contributed by atoms with Crippen molar-refractivity contribution in [2.24, 2.45) is 0 Å². The molecule has 0 aromatic rings. The number of hydrogen-bond acceptors (Lipinski definition) is 6. The summed E-state index contributed by atoms with van der Waals surface area (Å²) in [5.74, 6) is 0. The molecule has 0 saturated carbocycles. The minimum Gasteiger partial charge on any atom is -0.382 e. The van der Waals surface area contributed by atoms with E-state index in [4.69, 9.17) is 24.1 Å². The maximum atomic E-state index is 13.1. The van der Waals surface area contributed by atoms with E-state index in [2.05, 4.69) is 4.74 Å². The third-order valence-corrected chi connectivity index (χ3v) is 2.42. The van der Waals surface area contributed by atoms with Gasteiger partial charge in [0.2, 0.25) is 6.17 Å². The van der Waals surface area contributed by atoms with Crippen molar-refractivity contribution in [2.45, 2.75) is 18.4 Å². The topological polar surface area (TPSA) is 66.4 Å². The van der Waals surface area contributed by atoms with E-state index < -0.39 is 25.0 Å². The maximum absolute atomic E-state index is 13.1. The molecule has 0 radical (unpaired) electrons. The second-order valence-corrected chi connectivity index (χ2v) is 4.06. The molecule has 0 aromatic carbocycles. The van der Waals surface area contributed by atoms with Crippen LogP contribution >= 0.6 is 0 Å². The molecule has 9 heteroatoms. The summed E-state index contributed by atoms with van der Waals surface area (Å²) < 4.78 is 62.3. The summed E-state index contributed by atoms with van der Waals surface area (Å²) in [4.78, 5) is 0. The van der Waals surface area contributed by atoms with Gasteiger partial charge in [-0.2, -0.15) is 8.78 Å². The molecule has 0 spiro atoms. The van der Waals surface area contributed by atoms with Gasteiger partial charge in [-0.1, -0.05) is 0 Å². The van der Waals surface area contributed by atoms with E-state index in [1.807, 2.05) is 0 Å². The van der Waals surface area contributed by atoms with Crippen LogP contribution in [-0.4, -0.2) is 84.0 Å². The zero-order valence-corrected chi connectivity index (χ0v) is 12.2. The van der Waals surface area contributed by atoms with Gasteiger partial charge in [0, 0.05) is 14.2 Å². The average Bonchev–Trinajstić information content (AvgIpc) is 2.43. The Morgan fingerprint density at radius 2 is 1.38 bits per heavy atom. The Balaban J connectivity index is 3.52. The van der Waals surface area contributed by atoms with Gasteiger partial charge in [-0.15, -0.1) is 0 Å². The Morgan fingerprint density at radius 1 is 0.905 bits per heavy atom. The highest BCUT2D eigenvalue weighted by molar-refractivity contribution is 4.75. The molecule has 21 heavy (non-hydrogen) atoms. The van der Waals surface area contributed by atoms with Crippen molar-refractivity contribution in [3.05, 3.63) is 0 Å². The minimum absolute atomic E-state index is 0.0850. The lowest BCUT2D eigenvalue weighted by molar-refractivity contribution is -0.264. The largest absolute Gasteiger partial charge is 0.387 e. The molecule has 0 aliphatic carbocycles. The number of ether oxygens (including phenoxy) is 5. The molecule has 0 amide bonds. The first-order chi connectivity index (χ1) is 9.93. The van der Waals surface area contributed by atoms with Crippen molar-refractivity contribution in [3.63, 3.8) is 0 Å². The van der Waals surface area contributed by atoms with E-state index in [1.165, 1.54) is 0 Å². The molecule has 2 atom stereocenters. The summed E-state index contributed by atoms with van der Waals surface area (Å²) in [5.41, 5.74) is 0. The monoisotopic (exact) mass is 320 g/mol. The number of rotatable bonds is 14. The molecule has 0 heterocycles. The summed E-state index contributed by atoms with van der Waals surface area (Å²) in [5, 5.41) is 8.26. The van der Waals surface area contributed by atoms with Crippen molar-refractivity contribution in [3.8, 4) is 0 Å². The van der Waals surface area contributed by atoms with E-state index in [0.717, 1.165) is 7.11 Å². The Kier molecular flexibility index (Phi) is 11.9. The van der Waals surface area contributed by atoms with Gasteiger partial charge < -0.3 is 28.8 Å². The molecular formula is C12H23F3O6. The molecule has 128 valence electrons. The molecule has 0 rings (SSSR count). The van der Waals surface area contributed by atoms with Gasteiger partial charge in [-0.05, 0) is 0 Å². The normalized spacial score (nSPS) is 15.1. The molecule has 1 N–H and O–H groups in total. The molecule has 0 aliphatic rings. The average molecular weight is 320 g/mol. The van der Waals surface area contributed by atoms with E-state index in [1.54, 1.807) is 7.11 Å². The van der Waals surface area contributed by atoms with Crippen LogP contribution in [0.2, 0.25) is 0 Å². The van der Waals surface area contributed by atoms with Gasteiger partial charge in [-0.3, -0.25) is 0 Å². The molecular weight excluding hydrogens is 297 g/mol. The minimum atomic E-state index is -4.46. The van der Waals surface area contributed by atoms with Crippen LogP contribution in [0, 0.1) is 0 Å². The van der Waals surface area contributed by atoms with E-state index >= 15 is 0 Å². The zero-order valence-electron chi connectivity index (χ0n) is 12.2. The lowest BCUT2D eigenvalue weighted by Gasteiger charge is -2.22. The highest BCUT2D eigenvalue weighted by atomic mass is 19.3. The van der Waals surface area contributed by atoms with Crippen LogP contribution in [0.15, 0.2) is 0 Å². The molecule has 0 fully saturated rings. The number of halogens is 3. The fourth-order valence-electron chi connectivity index (χ4n) is 1.28. The predicted molar refractivity (Wildman–Crippen MR) is 67.2 cm³/mol. The number of hydrogen-bond donors (Lipinski definition) is 1. The first-order valence-corrected chi connectivity index (χ1v) is 6.42. The number of aliphatic hydroxyl groups is 1. The standard InChI is InChI=1S/C12H23F3O6/c1-17-3-4-19-5-6-20-7-8-21-9-10(18-2)11(13)12(14,15)16/h10-11,16H,3-9H2,1-2H3. The third-order valence-electron chi connectivity index (χ3n) is 2.42. The SMILES string of the molecule is COCCOCCOCCOCC(OC)C(F)C(O)(F)F. The van der Waals surface area contributed by atoms with E-state index in [9.17, 15) is 13.2 Å². The van der Waals surface area contributed by atoms with Gasteiger partial charge in [0.1, 0.15) is 6.10 Å². The third kappa shape index (κ3) is 10.9. The van der Waals surface area contributed by atoms with Crippen LogP contribution in [0.4, 0.5) is 13.2 Å². The number of alkyl halides is 3. The summed E-state index contributed by atoms with van der Waals surface area (Å²) in [6, 6.07) is 0. The van der Waals surface area contributed by atoms with E-state index in [0.29, 0.717) is 26.4 Å². The lowest BCUT2D eigenvalue weighted by Crippen LogP contribution is -2.42. The van der Waals surface area contributed by atoms with Crippen LogP contribution in [0.25, 0.3) is 0 Å². The second-order valence-electron chi connectivity index (χ2n) is 4.06. The maximum Gasteiger partial charge on any atom is 0.387 e. The first kappa shape index (κ1) is 20.6. The van der Waals surface area contributed by atoms with Gasteiger partial charge in [0.15, 0.2) is 0 Å². The van der Waals surface area contributed by atoms with Crippen molar-refractivity contribution in [1.29, 1.82) is 0 Å².